The van der Waals surface area contributed by atoms with E-state index < -0.39 is 45.0 Å². The van der Waals surface area contributed by atoms with Crippen LogP contribution in [-0.4, -0.2) is 83.8 Å². The molecule has 5 aromatic rings. The van der Waals surface area contributed by atoms with Crippen molar-refractivity contribution in [3.8, 4) is 0 Å². The van der Waals surface area contributed by atoms with Crippen LogP contribution in [0.1, 0.15) is 40.7 Å². The summed E-state index contributed by atoms with van der Waals surface area (Å²) < 4.78 is 50.5. The zero-order chi connectivity index (χ0) is 39.7. The predicted octanol–water partition coefficient (Wildman–Crippen LogP) is 7.92. The Labute approximate surface area is 333 Å². The number of halogens is 2. The van der Waals surface area contributed by atoms with E-state index in [2.05, 4.69) is 36.4 Å². The quantitative estimate of drug-likeness (QED) is 0.0285. The summed E-state index contributed by atoms with van der Waals surface area (Å²) in [5.41, 5.74) is 3.50. The number of rotatable bonds is 24. The Morgan fingerprint density at radius 3 is 1.16 bits per heavy atom. The van der Waals surface area contributed by atoms with Gasteiger partial charge in [0, 0.05) is 46.5 Å². The van der Waals surface area contributed by atoms with Crippen molar-refractivity contribution >= 4 is 27.9 Å². The van der Waals surface area contributed by atoms with Crippen LogP contribution in [0, 0.1) is 11.6 Å². The lowest BCUT2D eigenvalue weighted by molar-refractivity contribution is 0.203. The van der Waals surface area contributed by atoms with E-state index in [1.165, 1.54) is 12.1 Å². The van der Waals surface area contributed by atoms with E-state index in [9.17, 15) is 20.4 Å². The van der Waals surface area contributed by atoms with Crippen molar-refractivity contribution in [2.75, 3.05) is 56.0 Å². The lowest BCUT2D eigenvalue weighted by Gasteiger charge is -2.45. The van der Waals surface area contributed by atoms with Crippen LogP contribution in [0.5, 0.6) is 0 Å². The highest BCUT2D eigenvalue weighted by Gasteiger charge is 2.41. The minimum atomic E-state index is -2.52. The SMILES string of the molecule is OCCS(CCO)(Cc1ccccc1F)OB(OCCCC(c1ccccc1)(c1ccccc1)c1ccccc1)OS(CCO)(CCO)Cc1ccccc1F. The minimum absolute atomic E-state index is 0.0682. The third-order valence-electron chi connectivity index (χ3n) is 9.92. The van der Waals surface area contributed by atoms with E-state index in [1.807, 2.05) is 54.6 Å². The fraction of sp³-hybridized carbons (Fsp3) is 0.318. The maximum absolute atomic E-state index is 15.2. The van der Waals surface area contributed by atoms with Gasteiger partial charge in [-0.25, -0.2) is 8.78 Å². The van der Waals surface area contributed by atoms with Gasteiger partial charge in [0.25, 0.3) is 0 Å². The molecule has 12 heteroatoms. The van der Waals surface area contributed by atoms with Crippen LogP contribution in [0.25, 0.3) is 0 Å². The number of benzene rings is 5. The first-order valence-corrected chi connectivity index (χ1v) is 23.0. The molecule has 5 rings (SSSR count). The van der Waals surface area contributed by atoms with E-state index in [-0.39, 0.29) is 67.6 Å². The van der Waals surface area contributed by atoms with Crippen molar-refractivity contribution in [3.05, 3.63) is 179 Å². The molecule has 0 radical (unpaired) electrons. The van der Waals surface area contributed by atoms with Gasteiger partial charge in [0.2, 0.25) is 0 Å². The third-order valence-corrected chi connectivity index (χ3v) is 16.4. The molecule has 0 aliphatic rings. The van der Waals surface area contributed by atoms with Gasteiger partial charge in [-0.05, 0) is 52.8 Å². The zero-order valence-electron chi connectivity index (χ0n) is 31.6. The molecule has 300 valence electrons. The van der Waals surface area contributed by atoms with Crippen LogP contribution in [-0.2, 0) is 29.8 Å². The van der Waals surface area contributed by atoms with Crippen molar-refractivity contribution < 1.29 is 42.1 Å². The fourth-order valence-corrected chi connectivity index (χ4v) is 12.6. The Morgan fingerprint density at radius 1 is 0.482 bits per heavy atom. The highest BCUT2D eigenvalue weighted by molar-refractivity contribution is 8.30. The van der Waals surface area contributed by atoms with Gasteiger partial charge in [0.15, 0.2) is 0 Å². The molecule has 7 nitrogen and oxygen atoms in total. The molecule has 5 aromatic carbocycles. The molecule has 0 bridgehead atoms. The fourth-order valence-electron chi connectivity index (χ4n) is 7.24. The molecule has 4 N–H and O–H groups in total. The predicted molar refractivity (Wildman–Crippen MR) is 226 cm³/mol. The van der Waals surface area contributed by atoms with Crippen molar-refractivity contribution in [2.45, 2.75) is 29.8 Å². The molecular weight excluding hydrogens is 753 g/mol. The van der Waals surface area contributed by atoms with Crippen LogP contribution in [0.15, 0.2) is 140 Å². The van der Waals surface area contributed by atoms with Crippen LogP contribution >= 0.6 is 20.6 Å². The monoisotopic (exact) mass is 806 g/mol. The van der Waals surface area contributed by atoms with Gasteiger partial charge in [-0.3, -0.25) is 0 Å². The number of aliphatic hydroxyl groups is 4. The van der Waals surface area contributed by atoms with Gasteiger partial charge >= 0.3 is 7.32 Å². The van der Waals surface area contributed by atoms with Crippen LogP contribution in [0.4, 0.5) is 8.78 Å². The Hall–Kier alpha value is -3.56. The van der Waals surface area contributed by atoms with E-state index in [1.54, 1.807) is 36.4 Å². The highest BCUT2D eigenvalue weighted by atomic mass is 32.3. The third kappa shape index (κ3) is 11.3. The van der Waals surface area contributed by atoms with Crippen LogP contribution in [0.2, 0.25) is 0 Å². The number of aliphatic hydroxyl groups excluding tert-OH is 4. The topological polar surface area (TPSA) is 109 Å². The molecule has 0 spiro atoms. The molecule has 0 aliphatic carbocycles. The molecule has 0 aromatic heterocycles. The number of hydrogen-bond donors (Lipinski definition) is 4. The number of hydrogen-bond acceptors (Lipinski definition) is 7. The lowest BCUT2D eigenvalue weighted by Crippen LogP contribution is -2.37. The summed E-state index contributed by atoms with van der Waals surface area (Å²) in [6.07, 6.45) is 1.14. The summed E-state index contributed by atoms with van der Waals surface area (Å²) in [6, 6.07) is 43.6. The smallest absolute Gasteiger partial charge is 0.395 e. The van der Waals surface area contributed by atoms with E-state index in [4.69, 9.17) is 12.9 Å². The van der Waals surface area contributed by atoms with E-state index >= 15 is 8.78 Å². The average Bonchev–Trinajstić information content (AvgIpc) is 3.21. The molecule has 0 amide bonds. The van der Waals surface area contributed by atoms with Gasteiger partial charge in [0.05, 0.1) is 26.4 Å². The molecule has 56 heavy (non-hydrogen) atoms. The first kappa shape index (κ1) is 43.6. The molecule has 0 saturated heterocycles. The van der Waals surface area contributed by atoms with Gasteiger partial charge in [0.1, 0.15) is 11.6 Å². The minimum Gasteiger partial charge on any atom is -0.395 e. The summed E-state index contributed by atoms with van der Waals surface area (Å²) in [4.78, 5) is 0. The summed E-state index contributed by atoms with van der Waals surface area (Å²) >= 11 is 0. The highest BCUT2D eigenvalue weighted by Crippen LogP contribution is 2.57. The maximum Gasteiger partial charge on any atom is 0.660 e. The largest absolute Gasteiger partial charge is 0.660 e. The Morgan fingerprint density at radius 2 is 0.821 bits per heavy atom. The standard InChI is InChI=1S/C44H53BF2O7S2/c46-42-23-12-10-15-37(42)35-55(31-26-48,32-27-49)53-45(54-56(33-28-50,34-29-51)36-38-16-11-13-24-43(38)47)52-30-14-25-44(39-17-4-1-5-18-39,40-19-6-2-7-20-40)41-21-8-3-9-22-41/h1-13,15-24,48-51H,14,25-36H2. The molecule has 0 atom stereocenters. The summed E-state index contributed by atoms with van der Waals surface area (Å²) in [5, 5.41) is 41.3. The summed E-state index contributed by atoms with van der Waals surface area (Å²) in [7, 11) is -6.47. The normalized spacial score (nSPS) is 12.8. The van der Waals surface area contributed by atoms with Crippen molar-refractivity contribution in [2.24, 2.45) is 0 Å². The average molecular weight is 807 g/mol. The first-order valence-electron chi connectivity index (χ1n) is 18.9. The molecule has 0 aliphatic heterocycles. The lowest BCUT2D eigenvalue weighted by atomic mass is 9.67. The Kier molecular flexibility index (Phi) is 17.0. The maximum atomic E-state index is 15.2. The summed E-state index contributed by atoms with van der Waals surface area (Å²) in [5.74, 6) is -0.361. The Bertz CT molecular complexity index is 1700. The Balaban J connectivity index is 1.52. The van der Waals surface area contributed by atoms with Crippen molar-refractivity contribution in [1.82, 2.24) is 0 Å². The second-order valence-corrected chi connectivity index (χ2v) is 20.0. The molecular formula is C44H53BF2O7S2. The van der Waals surface area contributed by atoms with Gasteiger partial charge in [-0.1, -0.05) is 127 Å². The van der Waals surface area contributed by atoms with Gasteiger partial charge < -0.3 is 33.3 Å². The summed E-state index contributed by atoms with van der Waals surface area (Å²) in [6.45, 7) is -1.06. The first-order chi connectivity index (χ1) is 27.3. The van der Waals surface area contributed by atoms with Crippen molar-refractivity contribution in [3.63, 3.8) is 0 Å². The molecule has 0 heterocycles. The second kappa shape index (κ2) is 21.8. The van der Waals surface area contributed by atoms with Crippen LogP contribution < -0.4 is 0 Å². The van der Waals surface area contributed by atoms with Gasteiger partial charge in [-0.2, -0.15) is 0 Å². The van der Waals surface area contributed by atoms with E-state index in [0.717, 1.165) is 16.7 Å². The van der Waals surface area contributed by atoms with Crippen molar-refractivity contribution in [1.29, 1.82) is 0 Å². The molecule has 0 unspecified atom stereocenters. The second-order valence-electron chi connectivity index (χ2n) is 13.6. The van der Waals surface area contributed by atoms with Crippen LogP contribution in [0.3, 0.4) is 0 Å². The molecule has 0 saturated carbocycles. The van der Waals surface area contributed by atoms with E-state index in [0.29, 0.717) is 24.0 Å². The van der Waals surface area contributed by atoms with Gasteiger partial charge in [-0.15, -0.1) is 20.6 Å². The zero-order valence-corrected chi connectivity index (χ0v) is 33.3. The molecule has 0 fully saturated rings.